The number of benzene rings is 1. The topological polar surface area (TPSA) is 45.6 Å². The maximum atomic E-state index is 13.8. The van der Waals surface area contributed by atoms with E-state index in [0.717, 1.165) is 5.56 Å². The van der Waals surface area contributed by atoms with Crippen molar-refractivity contribution in [1.29, 1.82) is 0 Å². The fraction of sp³-hybridized carbons (Fsp3) is 0.421. The minimum absolute atomic E-state index is 0.0673. The van der Waals surface area contributed by atoms with Gasteiger partial charge in [-0.2, -0.15) is 0 Å². The van der Waals surface area contributed by atoms with Crippen molar-refractivity contribution in [2.24, 2.45) is 0 Å². The van der Waals surface area contributed by atoms with Crippen molar-refractivity contribution in [2.45, 2.75) is 25.5 Å². The van der Waals surface area contributed by atoms with Crippen molar-refractivity contribution >= 4 is 0 Å². The summed E-state index contributed by atoms with van der Waals surface area (Å²) in [4.78, 5) is 6.22. The molecule has 128 valence electrons. The van der Waals surface area contributed by atoms with E-state index in [1.54, 1.807) is 12.3 Å². The molecule has 1 saturated heterocycles. The molecule has 1 aliphatic rings. The standard InChI is InChI=1S/C19H23FN2O2/c1-15-4-2-5-16(10-15)11-19(14-23)13-22(8-9-24-19)12-18-17(20)6-3-7-21-18/h2-7,10,23H,8-9,11-14H2,1H3/t19-/m1/s1. The minimum atomic E-state index is -0.655. The average molecular weight is 330 g/mol. The molecule has 0 aliphatic carbocycles. The Morgan fingerprint density at radius 3 is 2.96 bits per heavy atom. The summed E-state index contributed by atoms with van der Waals surface area (Å²) in [6, 6.07) is 11.2. The van der Waals surface area contributed by atoms with Crippen LogP contribution in [-0.4, -0.2) is 46.9 Å². The van der Waals surface area contributed by atoms with Gasteiger partial charge in [0.25, 0.3) is 0 Å². The first kappa shape index (κ1) is 17.0. The Hall–Kier alpha value is -1.82. The summed E-state index contributed by atoms with van der Waals surface area (Å²) in [5.41, 5.74) is 2.10. The number of aliphatic hydroxyl groups excluding tert-OH is 1. The van der Waals surface area contributed by atoms with Gasteiger partial charge < -0.3 is 9.84 Å². The molecule has 24 heavy (non-hydrogen) atoms. The van der Waals surface area contributed by atoms with Gasteiger partial charge >= 0.3 is 0 Å². The van der Waals surface area contributed by atoms with Crippen LogP contribution in [0.1, 0.15) is 16.8 Å². The summed E-state index contributed by atoms with van der Waals surface area (Å²) in [5, 5.41) is 9.97. The average Bonchev–Trinajstić information content (AvgIpc) is 2.57. The molecular weight excluding hydrogens is 307 g/mol. The first-order chi connectivity index (χ1) is 11.6. The Labute approximate surface area is 141 Å². The summed E-state index contributed by atoms with van der Waals surface area (Å²) in [7, 11) is 0. The fourth-order valence-corrected chi connectivity index (χ4v) is 3.26. The van der Waals surface area contributed by atoms with Gasteiger partial charge in [0.15, 0.2) is 0 Å². The van der Waals surface area contributed by atoms with Crippen LogP contribution in [0.15, 0.2) is 42.6 Å². The van der Waals surface area contributed by atoms with E-state index in [2.05, 4.69) is 16.0 Å². The molecule has 1 aromatic carbocycles. The number of nitrogens with zero attached hydrogens (tertiary/aromatic N) is 2. The molecule has 4 nitrogen and oxygen atoms in total. The van der Waals surface area contributed by atoms with Crippen molar-refractivity contribution in [3.63, 3.8) is 0 Å². The van der Waals surface area contributed by atoms with Crippen molar-refractivity contribution in [3.05, 3.63) is 65.2 Å². The number of ether oxygens (including phenoxy) is 1. The van der Waals surface area contributed by atoms with Crippen molar-refractivity contribution in [1.82, 2.24) is 9.88 Å². The van der Waals surface area contributed by atoms with Crippen LogP contribution in [0, 0.1) is 12.7 Å². The Bertz CT molecular complexity index is 695. The van der Waals surface area contributed by atoms with E-state index in [-0.39, 0.29) is 12.4 Å². The monoisotopic (exact) mass is 330 g/mol. The molecule has 0 radical (unpaired) electrons. The molecule has 5 heteroatoms. The number of pyridine rings is 1. The number of aliphatic hydroxyl groups is 1. The van der Waals surface area contributed by atoms with Gasteiger partial charge in [-0.3, -0.25) is 9.88 Å². The number of morpholine rings is 1. The third-order valence-corrected chi connectivity index (χ3v) is 4.43. The van der Waals surface area contributed by atoms with Gasteiger partial charge in [-0.1, -0.05) is 29.8 Å². The van der Waals surface area contributed by atoms with E-state index < -0.39 is 5.60 Å². The molecule has 2 heterocycles. The first-order valence-electron chi connectivity index (χ1n) is 8.22. The van der Waals surface area contributed by atoms with Gasteiger partial charge in [0.05, 0.1) is 18.9 Å². The molecule has 0 unspecified atom stereocenters. The zero-order valence-electron chi connectivity index (χ0n) is 13.9. The summed E-state index contributed by atoms with van der Waals surface area (Å²) < 4.78 is 19.8. The lowest BCUT2D eigenvalue weighted by atomic mass is 9.92. The molecule has 0 amide bonds. The van der Waals surface area contributed by atoms with E-state index in [4.69, 9.17) is 4.74 Å². The highest BCUT2D eigenvalue weighted by molar-refractivity contribution is 5.24. The van der Waals surface area contributed by atoms with Gasteiger partial charge in [-0.05, 0) is 24.6 Å². The second-order valence-electron chi connectivity index (χ2n) is 6.50. The third kappa shape index (κ3) is 3.98. The largest absolute Gasteiger partial charge is 0.393 e. The Morgan fingerprint density at radius 1 is 1.33 bits per heavy atom. The first-order valence-corrected chi connectivity index (χ1v) is 8.22. The molecule has 0 spiro atoms. The molecular formula is C19H23FN2O2. The molecule has 1 N–H and O–H groups in total. The van der Waals surface area contributed by atoms with Gasteiger partial charge in [-0.25, -0.2) is 4.39 Å². The van der Waals surface area contributed by atoms with Crippen LogP contribution in [0.5, 0.6) is 0 Å². The van der Waals surface area contributed by atoms with E-state index in [0.29, 0.717) is 38.4 Å². The lowest BCUT2D eigenvalue weighted by molar-refractivity contribution is -0.134. The summed E-state index contributed by atoms with van der Waals surface area (Å²) in [5.74, 6) is -0.294. The van der Waals surface area contributed by atoms with E-state index in [9.17, 15) is 9.50 Å². The fourth-order valence-electron chi connectivity index (χ4n) is 3.26. The number of aromatic nitrogens is 1. The quantitative estimate of drug-likeness (QED) is 0.914. The molecule has 1 aliphatic heterocycles. The van der Waals surface area contributed by atoms with Crippen LogP contribution < -0.4 is 0 Å². The van der Waals surface area contributed by atoms with Gasteiger partial charge in [0.2, 0.25) is 0 Å². The predicted molar refractivity (Wildman–Crippen MR) is 90.1 cm³/mol. The summed E-state index contributed by atoms with van der Waals surface area (Å²) >= 11 is 0. The SMILES string of the molecule is Cc1cccc(C[C@]2(CO)CN(Cc3ncccc3F)CCO2)c1. The van der Waals surface area contributed by atoms with Gasteiger partial charge in [0.1, 0.15) is 11.4 Å². The Kier molecular flexibility index (Phi) is 5.23. The van der Waals surface area contributed by atoms with Crippen LogP contribution >= 0.6 is 0 Å². The second-order valence-corrected chi connectivity index (χ2v) is 6.50. The molecule has 0 saturated carbocycles. The van der Waals surface area contributed by atoms with Gasteiger partial charge in [-0.15, -0.1) is 0 Å². The van der Waals surface area contributed by atoms with Crippen molar-refractivity contribution in [2.75, 3.05) is 26.3 Å². The number of halogens is 1. The zero-order valence-corrected chi connectivity index (χ0v) is 13.9. The highest BCUT2D eigenvalue weighted by Gasteiger charge is 2.36. The maximum absolute atomic E-state index is 13.8. The summed E-state index contributed by atoms with van der Waals surface area (Å²) in [6.07, 6.45) is 2.23. The Morgan fingerprint density at radius 2 is 2.21 bits per heavy atom. The molecule has 2 aromatic rings. The molecule has 1 aromatic heterocycles. The van der Waals surface area contributed by atoms with E-state index >= 15 is 0 Å². The van der Waals surface area contributed by atoms with Crippen LogP contribution in [0.3, 0.4) is 0 Å². The molecule has 3 rings (SSSR count). The molecule has 1 fully saturated rings. The highest BCUT2D eigenvalue weighted by Crippen LogP contribution is 2.24. The second kappa shape index (κ2) is 7.38. The van der Waals surface area contributed by atoms with Crippen molar-refractivity contribution in [3.8, 4) is 0 Å². The molecule has 1 atom stereocenters. The van der Waals surface area contributed by atoms with E-state index in [1.807, 2.05) is 25.1 Å². The lowest BCUT2D eigenvalue weighted by Gasteiger charge is -2.42. The highest BCUT2D eigenvalue weighted by atomic mass is 19.1. The smallest absolute Gasteiger partial charge is 0.146 e. The van der Waals surface area contributed by atoms with Gasteiger partial charge in [0, 0.05) is 32.3 Å². The van der Waals surface area contributed by atoms with E-state index in [1.165, 1.54) is 11.6 Å². The Balaban J connectivity index is 1.73. The van der Waals surface area contributed by atoms with Crippen LogP contribution in [-0.2, 0) is 17.7 Å². The molecule has 0 bridgehead atoms. The number of hydrogen-bond donors (Lipinski definition) is 1. The lowest BCUT2D eigenvalue weighted by Crippen LogP contribution is -2.55. The number of rotatable bonds is 5. The number of hydrogen-bond acceptors (Lipinski definition) is 4. The van der Waals surface area contributed by atoms with Crippen LogP contribution in [0.25, 0.3) is 0 Å². The summed E-state index contributed by atoms with van der Waals surface area (Å²) in [6.45, 7) is 4.17. The number of aryl methyl sites for hydroxylation is 1. The van der Waals surface area contributed by atoms with Crippen molar-refractivity contribution < 1.29 is 14.2 Å². The normalized spacial score (nSPS) is 21.8. The zero-order chi connectivity index (χ0) is 17.0. The van der Waals surface area contributed by atoms with Crippen LogP contribution in [0.4, 0.5) is 4.39 Å². The van der Waals surface area contributed by atoms with Crippen LogP contribution in [0.2, 0.25) is 0 Å². The third-order valence-electron chi connectivity index (χ3n) is 4.43. The minimum Gasteiger partial charge on any atom is -0.393 e. The maximum Gasteiger partial charge on any atom is 0.146 e. The predicted octanol–water partition coefficient (Wildman–Crippen LogP) is 2.34.